The molecule has 2 aromatic rings. The molecule has 0 bridgehead atoms. The van der Waals surface area contributed by atoms with Gasteiger partial charge < -0.3 is 14.7 Å². The minimum absolute atomic E-state index is 0.0217. The van der Waals surface area contributed by atoms with Crippen LogP contribution in [0, 0.1) is 0 Å². The Hall–Kier alpha value is -2.10. The predicted octanol–water partition coefficient (Wildman–Crippen LogP) is 1.32. The number of H-pyrrole nitrogens is 1. The molecule has 146 valence electrons. The maximum atomic E-state index is 12.9. The molecule has 27 heavy (non-hydrogen) atoms. The van der Waals surface area contributed by atoms with Gasteiger partial charge in [0.15, 0.2) is 9.84 Å². The van der Waals surface area contributed by atoms with E-state index in [1.54, 1.807) is 11.8 Å². The molecular formula is C17H20ClN3O5S. The average Bonchev–Trinajstić information content (AvgIpc) is 3.01. The average molecular weight is 414 g/mol. The molecule has 0 amide bonds. The zero-order chi connectivity index (χ0) is 19.8. The fourth-order valence-corrected chi connectivity index (χ4v) is 4.38. The number of carbonyl (C=O) groups is 1. The molecule has 1 aliphatic heterocycles. The highest BCUT2D eigenvalue weighted by atomic mass is 35.5. The lowest BCUT2D eigenvalue weighted by molar-refractivity contribution is 0.103. The van der Waals surface area contributed by atoms with Crippen LogP contribution in [0.15, 0.2) is 28.0 Å². The van der Waals surface area contributed by atoms with E-state index in [9.17, 15) is 18.0 Å². The molecule has 0 radical (unpaired) electrons. The summed E-state index contributed by atoms with van der Waals surface area (Å²) in [5.74, 6) is -0.553. The smallest absolute Gasteiger partial charge is 0.277 e. The van der Waals surface area contributed by atoms with Gasteiger partial charge in [-0.15, -0.1) is 0 Å². The standard InChI is InChI=1S/C17H20ClN3O5S/c1-3-21-17(23)12(10-19-21)16(22)11-4-5-13(27(2,24)25)15(14(11)18)20-6-8-26-9-7-20/h4-5,10,19H,3,6-9H2,1-2H3. The quantitative estimate of drug-likeness (QED) is 0.742. The number of sulfone groups is 1. The van der Waals surface area contributed by atoms with Gasteiger partial charge in [0.2, 0.25) is 5.78 Å². The number of nitrogens with one attached hydrogen (secondary N) is 1. The van der Waals surface area contributed by atoms with E-state index >= 15 is 0 Å². The normalized spacial score (nSPS) is 15.1. The van der Waals surface area contributed by atoms with Gasteiger partial charge in [-0.05, 0) is 19.1 Å². The van der Waals surface area contributed by atoms with Gasteiger partial charge in [-0.3, -0.25) is 14.3 Å². The maximum absolute atomic E-state index is 12.9. The van der Waals surface area contributed by atoms with E-state index in [4.69, 9.17) is 16.3 Å². The minimum Gasteiger partial charge on any atom is -0.378 e. The predicted molar refractivity (Wildman–Crippen MR) is 102 cm³/mol. The van der Waals surface area contributed by atoms with Gasteiger partial charge in [0.1, 0.15) is 5.56 Å². The molecule has 8 nitrogen and oxygen atoms in total. The van der Waals surface area contributed by atoms with Crippen molar-refractivity contribution in [2.24, 2.45) is 0 Å². The number of morpholine rings is 1. The van der Waals surface area contributed by atoms with Crippen LogP contribution in [-0.4, -0.2) is 56.5 Å². The fraction of sp³-hybridized carbons (Fsp3) is 0.412. The monoisotopic (exact) mass is 413 g/mol. The summed E-state index contributed by atoms with van der Waals surface area (Å²) in [5.41, 5.74) is -0.123. The zero-order valence-electron chi connectivity index (χ0n) is 15.0. The summed E-state index contributed by atoms with van der Waals surface area (Å²) in [6, 6.07) is 2.72. The van der Waals surface area contributed by atoms with Gasteiger partial charge >= 0.3 is 0 Å². The van der Waals surface area contributed by atoms with Crippen molar-refractivity contribution in [1.29, 1.82) is 0 Å². The van der Waals surface area contributed by atoms with E-state index in [1.165, 1.54) is 23.0 Å². The Bertz CT molecular complexity index is 1040. The number of anilines is 1. The number of ether oxygens (including phenoxy) is 1. The highest BCUT2D eigenvalue weighted by Crippen LogP contribution is 2.37. The van der Waals surface area contributed by atoms with Gasteiger partial charge in [-0.25, -0.2) is 8.42 Å². The third-order valence-corrected chi connectivity index (χ3v) is 5.96. The van der Waals surface area contributed by atoms with Crippen LogP contribution in [0.1, 0.15) is 22.8 Å². The molecule has 0 unspecified atom stereocenters. The van der Waals surface area contributed by atoms with Crippen molar-refractivity contribution in [3.05, 3.63) is 44.8 Å². The zero-order valence-corrected chi connectivity index (χ0v) is 16.6. The summed E-state index contributed by atoms with van der Waals surface area (Å²) >= 11 is 6.50. The molecule has 0 atom stereocenters. The molecule has 1 N–H and O–H groups in total. The molecule has 3 rings (SSSR count). The van der Waals surface area contributed by atoms with E-state index in [2.05, 4.69) is 5.10 Å². The Balaban J connectivity index is 2.16. The molecule has 1 fully saturated rings. The van der Waals surface area contributed by atoms with Crippen molar-refractivity contribution >= 4 is 32.9 Å². The number of hydrogen-bond acceptors (Lipinski definition) is 6. The fourth-order valence-electron chi connectivity index (χ4n) is 3.05. The number of aromatic amines is 1. The van der Waals surface area contributed by atoms with Crippen LogP contribution in [0.3, 0.4) is 0 Å². The summed E-state index contributed by atoms with van der Waals surface area (Å²) in [4.78, 5) is 27.0. The Labute approximate surface area is 161 Å². The first-order chi connectivity index (χ1) is 12.8. The van der Waals surface area contributed by atoms with E-state index in [-0.39, 0.29) is 26.7 Å². The Morgan fingerprint density at radius 3 is 2.48 bits per heavy atom. The first-order valence-corrected chi connectivity index (χ1v) is 10.7. The lowest BCUT2D eigenvalue weighted by Crippen LogP contribution is -2.37. The van der Waals surface area contributed by atoms with Crippen molar-refractivity contribution in [3.8, 4) is 0 Å². The third kappa shape index (κ3) is 3.67. The van der Waals surface area contributed by atoms with Crippen molar-refractivity contribution < 1.29 is 17.9 Å². The Morgan fingerprint density at radius 1 is 1.26 bits per heavy atom. The second kappa shape index (κ2) is 7.49. The number of aromatic nitrogens is 2. The highest BCUT2D eigenvalue weighted by Gasteiger charge is 2.28. The highest BCUT2D eigenvalue weighted by molar-refractivity contribution is 7.90. The van der Waals surface area contributed by atoms with Crippen molar-refractivity contribution in [1.82, 2.24) is 9.78 Å². The van der Waals surface area contributed by atoms with Gasteiger partial charge in [-0.2, -0.15) is 0 Å². The number of nitrogens with zero attached hydrogens (tertiary/aromatic N) is 2. The molecule has 0 aliphatic carbocycles. The SMILES string of the molecule is CCn1[nH]cc(C(=O)c2ccc(S(C)(=O)=O)c(N3CCOCC3)c2Cl)c1=O. The van der Waals surface area contributed by atoms with Crippen molar-refractivity contribution in [2.45, 2.75) is 18.4 Å². The first-order valence-electron chi connectivity index (χ1n) is 8.43. The lowest BCUT2D eigenvalue weighted by atomic mass is 10.0. The summed E-state index contributed by atoms with van der Waals surface area (Å²) in [6.45, 7) is 3.93. The van der Waals surface area contributed by atoms with E-state index in [1.807, 2.05) is 0 Å². The Kier molecular flexibility index (Phi) is 5.45. The number of benzene rings is 1. The number of aryl methyl sites for hydroxylation is 1. The second-order valence-corrected chi connectivity index (χ2v) is 8.57. The van der Waals surface area contributed by atoms with E-state index in [0.717, 1.165) is 6.26 Å². The van der Waals surface area contributed by atoms with Crippen LogP contribution in [0.2, 0.25) is 5.02 Å². The van der Waals surface area contributed by atoms with Crippen LogP contribution in [0.25, 0.3) is 0 Å². The van der Waals surface area contributed by atoms with Crippen LogP contribution >= 0.6 is 11.6 Å². The maximum Gasteiger partial charge on any atom is 0.277 e. The van der Waals surface area contributed by atoms with Crippen LogP contribution in [-0.2, 0) is 21.1 Å². The summed E-state index contributed by atoms with van der Waals surface area (Å²) in [6.07, 6.45) is 2.43. The molecule has 1 aromatic carbocycles. The topological polar surface area (TPSA) is 101 Å². The third-order valence-electron chi connectivity index (χ3n) is 4.45. The largest absolute Gasteiger partial charge is 0.378 e. The number of ketones is 1. The lowest BCUT2D eigenvalue weighted by Gasteiger charge is -2.31. The van der Waals surface area contributed by atoms with Gasteiger partial charge in [-0.1, -0.05) is 11.6 Å². The van der Waals surface area contributed by atoms with Crippen molar-refractivity contribution in [3.63, 3.8) is 0 Å². The number of halogens is 1. The molecule has 0 saturated carbocycles. The number of rotatable bonds is 5. The van der Waals surface area contributed by atoms with Gasteiger partial charge in [0.05, 0.1) is 28.8 Å². The van der Waals surface area contributed by atoms with Crippen LogP contribution in [0.5, 0.6) is 0 Å². The summed E-state index contributed by atoms with van der Waals surface area (Å²) < 4.78 is 31.1. The summed E-state index contributed by atoms with van der Waals surface area (Å²) in [7, 11) is -3.57. The number of hydrogen-bond donors (Lipinski definition) is 1. The molecule has 1 aromatic heterocycles. The second-order valence-electron chi connectivity index (χ2n) is 6.21. The van der Waals surface area contributed by atoms with Crippen LogP contribution in [0.4, 0.5) is 5.69 Å². The minimum atomic E-state index is -3.57. The molecule has 0 spiro atoms. The van der Waals surface area contributed by atoms with Gasteiger partial charge in [0.25, 0.3) is 5.56 Å². The van der Waals surface area contributed by atoms with E-state index < -0.39 is 21.2 Å². The number of carbonyl (C=O) groups excluding carboxylic acids is 1. The molecule has 1 aliphatic rings. The first kappa shape index (κ1) is 19.7. The Morgan fingerprint density at radius 2 is 1.93 bits per heavy atom. The van der Waals surface area contributed by atoms with Gasteiger partial charge in [0, 0.05) is 37.7 Å². The van der Waals surface area contributed by atoms with Crippen LogP contribution < -0.4 is 10.5 Å². The summed E-state index contributed by atoms with van der Waals surface area (Å²) in [5, 5.41) is 2.75. The molecule has 1 saturated heterocycles. The molecule has 2 heterocycles. The molecule has 10 heteroatoms. The molecular weight excluding hydrogens is 394 g/mol. The van der Waals surface area contributed by atoms with Crippen molar-refractivity contribution in [2.75, 3.05) is 37.5 Å². The van der Waals surface area contributed by atoms with E-state index in [0.29, 0.717) is 32.8 Å².